The van der Waals surface area contributed by atoms with Gasteiger partial charge in [-0.2, -0.15) is 0 Å². The summed E-state index contributed by atoms with van der Waals surface area (Å²) in [5.41, 5.74) is 0. The molecule has 28 heavy (non-hydrogen) atoms. The van der Waals surface area contributed by atoms with Crippen molar-refractivity contribution >= 4 is 45.2 Å². The molecule has 1 aromatic rings. The number of hydrogen-bond acceptors (Lipinski definition) is 8. The number of imide groups is 1. The molecule has 0 bridgehead atoms. The van der Waals surface area contributed by atoms with Gasteiger partial charge in [0.25, 0.3) is 11.8 Å². The molecule has 0 aliphatic carbocycles. The van der Waals surface area contributed by atoms with Crippen LogP contribution in [0.2, 0.25) is 0 Å². The number of amides is 2. The quantitative estimate of drug-likeness (QED) is 0.269. The van der Waals surface area contributed by atoms with Crippen molar-refractivity contribution in [3.05, 3.63) is 24.4 Å². The zero-order valence-corrected chi connectivity index (χ0v) is 17.3. The van der Waals surface area contributed by atoms with Gasteiger partial charge in [0.2, 0.25) is 0 Å². The molecule has 0 unspecified atom stereocenters. The maximum Gasteiger partial charge on any atom is 0.333 e. The number of nitrogens with zero attached hydrogens (tertiary/aromatic N) is 2. The van der Waals surface area contributed by atoms with Crippen molar-refractivity contribution in [2.24, 2.45) is 0 Å². The fraction of sp³-hybridized carbons (Fsp3) is 0.526. The Bertz CT molecular complexity index is 668. The largest absolute Gasteiger partial charge is 0.333 e. The SMILES string of the molecule is O=C(CCCCCCC(=O)ON1C(=O)CCC1=O)CCSSc1ccccn1. The first kappa shape index (κ1) is 22.4. The molecule has 1 aliphatic heterocycles. The molecule has 7 nitrogen and oxygen atoms in total. The van der Waals surface area contributed by atoms with Crippen LogP contribution in [0.4, 0.5) is 0 Å². The van der Waals surface area contributed by atoms with E-state index in [2.05, 4.69) is 4.98 Å². The second-order valence-corrected chi connectivity index (χ2v) is 8.76. The molecule has 1 fully saturated rings. The third kappa shape index (κ3) is 8.43. The van der Waals surface area contributed by atoms with Gasteiger partial charge < -0.3 is 4.84 Å². The minimum absolute atomic E-state index is 0.0977. The Hall–Kier alpha value is -1.87. The van der Waals surface area contributed by atoms with Crippen LogP contribution in [0.25, 0.3) is 0 Å². The van der Waals surface area contributed by atoms with E-state index >= 15 is 0 Å². The number of carbonyl (C=O) groups is 4. The van der Waals surface area contributed by atoms with Crippen LogP contribution in [-0.4, -0.2) is 39.4 Å². The van der Waals surface area contributed by atoms with Crippen molar-refractivity contribution in [2.75, 3.05) is 5.75 Å². The van der Waals surface area contributed by atoms with Gasteiger partial charge in [-0.1, -0.05) is 29.7 Å². The molecule has 2 heterocycles. The summed E-state index contributed by atoms with van der Waals surface area (Å²) in [5, 5.41) is 1.52. The van der Waals surface area contributed by atoms with E-state index in [0.29, 0.717) is 24.3 Å². The first-order valence-electron chi connectivity index (χ1n) is 9.35. The summed E-state index contributed by atoms with van der Waals surface area (Å²) in [4.78, 5) is 55.2. The summed E-state index contributed by atoms with van der Waals surface area (Å²) in [5.74, 6) is -0.483. The van der Waals surface area contributed by atoms with E-state index in [9.17, 15) is 19.2 Å². The van der Waals surface area contributed by atoms with Crippen LogP contribution in [-0.2, 0) is 24.0 Å². The van der Waals surface area contributed by atoms with Crippen molar-refractivity contribution in [1.82, 2.24) is 10.0 Å². The summed E-state index contributed by atoms with van der Waals surface area (Å²) in [6.45, 7) is 0. The lowest BCUT2D eigenvalue weighted by atomic mass is 10.1. The smallest absolute Gasteiger partial charge is 0.330 e. The van der Waals surface area contributed by atoms with Gasteiger partial charge >= 0.3 is 5.97 Å². The monoisotopic (exact) mass is 424 g/mol. The molecule has 9 heteroatoms. The minimum atomic E-state index is -0.567. The number of hydroxylamine groups is 2. The molecular formula is C19H24N2O5S2. The number of hydrogen-bond donors (Lipinski definition) is 0. The lowest BCUT2D eigenvalue weighted by Crippen LogP contribution is -2.31. The zero-order chi connectivity index (χ0) is 20.2. The standard InChI is InChI=1S/C19H24N2O5S2/c22-15(12-14-27-28-16-8-5-6-13-20-16)7-3-1-2-4-9-19(25)26-21-17(23)10-11-18(21)24/h5-6,8,13H,1-4,7,9-12,14H2. The molecule has 2 amide bonds. The summed E-state index contributed by atoms with van der Waals surface area (Å²) < 4.78 is 0. The van der Waals surface area contributed by atoms with Gasteiger partial charge in [0.05, 0.1) is 0 Å². The molecule has 1 saturated heterocycles. The highest BCUT2D eigenvalue weighted by molar-refractivity contribution is 8.76. The lowest BCUT2D eigenvalue weighted by molar-refractivity contribution is -0.197. The van der Waals surface area contributed by atoms with Crippen molar-refractivity contribution in [2.45, 2.75) is 62.8 Å². The number of Topliss-reactive ketones (excluding diaryl/α,β-unsaturated/α-hetero) is 1. The van der Waals surface area contributed by atoms with Crippen LogP contribution >= 0.6 is 21.6 Å². The van der Waals surface area contributed by atoms with Crippen LogP contribution in [0.15, 0.2) is 29.4 Å². The van der Waals surface area contributed by atoms with E-state index in [4.69, 9.17) is 4.84 Å². The molecular weight excluding hydrogens is 400 g/mol. The van der Waals surface area contributed by atoms with Gasteiger partial charge in [-0.15, -0.1) is 5.06 Å². The molecule has 1 aromatic heterocycles. The highest BCUT2D eigenvalue weighted by Crippen LogP contribution is 2.29. The van der Waals surface area contributed by atoms with Gasteiger partial charge in [-0.25, -0.2) is 9.78 Å². The predicted molar refractivity (Wildman–Crippen MR) is 107 cm³/mol. The molecule has 0 saturated carbocycles. The average molecular weight is 425 g/mol. The summed E-state index contributed by atoms with van der Waals surface area (Å²) >= 11 is 0. The zero-order valence-electron chi connectivity index (χ0n) is 15.6. The Morgan fingerprint density at radius 3 is 2.39 bits per heavy atom. The minimum Gasteiger partial charge on any atom is -0.330 e. The van der Waals surface area contributed by atoms with Crippen molar-refractivity contribution in [3.8, 4) is 0 Å². The topological polar surface area (TPSA) is 93.6 Å². The number of rotatable bonds is 13. The number of aromatic nitrogens is 1. The van der Waals surface area contributed by atoms with Gasteiger partial charge in [-0.3, -0.25) is 14.4 Å². The fourth-order valence-electron chi connectivity index (χ4n) is 2.53. The Balaban J connectivity index is 1.43. The number of carbonyl (C=O) groups excluding carboxylic acids is 4. The Labute approximate surface area is 172 Å². The number of pyridine rings is 1. The van der Waals surface area contributed by atoms with Crippen LogP contribution < -0.4 is 0 Å². The van der Waals surface area contributed by atoms with Crippen LogP contribution in [0.5, 0.6) is 0 Å². The maximum atomic E-state index is 11.9. The molecule has 2 rings (SSSR count). The van der Waals surface area contributed by atoms with Crippen molar-refractivity contribution < 1.29 is 24.0 Å². The van der Waals surface area contributed by atoms with Gasteiger partial charge in [0.15, 0.2) is 0 Å². The normalized spacial score (nSPS) is 13.8. The van der Waals surface area contributed by atoms with E-state index in [0.717, 1.165) is 30.0 Å². The van der Waals surface area contributed by atoms with E-state index in [1.54, 1.807) is 27.8 Å². The molecule has 152 valence electrons. The third-order valence-corrected chi connectivity index (χ3v) is 6.30. The van der Waals surface area contributed by atoms with E-state index < -0.39 is 17.8 Å². The summed E-state index contributed by atoms with van der Waals surface area (Å²) in [7, 11) is 3.20. The van der Waals surface area contributed by atoms with Crippen molar-refractivity contribution in [1.29, 1.82) is 0 Å². The number of ketones is 1. The van der Waals surface area contributed by atoms with Crippen LogP contribution in [0.3, 0.4) is 0 Å². The fourth-order valence-corrected chi connectivity index (χ4v) is 4.44. The van der Waals surface area contributed by atoms with Gasteiger partial charge in [0, 0.05) is 44.1 Å². The van der Waals surface area contributed by atoms with Crippen LogP contribution in [0, 0.1) is 0 Å². The molecule has 1 aliphatic rings. The second-order valence-electron chi connectivity index (χ2n) is 6.32. The first-order chi connectivity index (χ1) is 13.6. The average Bonchev–Trinajstić information content (AvgIpc) is 3.00. The Kier molecular flexibility index (Phi) is 10.1. The summed E-state index contributed by atoms with van der Waals surface area (Å²) in [6.07, 6.45) is 6.27. The van der Waals surface area contributed by atoms with Gasteiger partial charge in [0.1, 0.15) is 10.8 Å². The van der Waals surface area contributed by atoms with Crippen molar-refractivity contribution in [3.63, 3.8) is 0 Å². The summed E-state index contributed by atoms with van der Waals surface area (Å²) in [6, 6.07) is 5.75. The predicted octanol–water partition coefficient (Wildman–Crippen LogP) is 3.73. The molecule has 0 atom stereocenters. The van der Waals surface area contributed by atoms with Crippen LogP contribution in [0.1, 0.15) is 57.8 Å². The highest BCUT2D eigenvalue weighted by atomic mass is 33.1. The molecule has 0 aromatic carbocycles. The molecule has 0 N–H and O–H groups in total. The van der Waals surface area contributed by atoms with E-state index in [1.165, 1.54) is 0 Å². The van der Waals surface area contributed by atoms with E-state index in [-0.39, 0.29) is 25.0 Å². The molecule has 0 spiro atoms. The lowest BCUT2D eigenvalue weighted by Gasteiger charge is -2.12. The first-order valence-corrected chi connectivity index (χ1v) is 11.7. The number of unbranched alkanes of at least 4 members (excludes halogenated alkanes) is 3. The maximum absolute atomic E-state index is 11.9. The van der Waals surface area contributed by atoms with Gasteiger partial charge in [-0.05, 0) is 35.8 Å². The second kappa shape index (κ2) is 12.6. The van der Waals surface area contributed by atoms with E-state index in [1.807, 2.05) is 18.2 Å². The highest BCUT2D eigenvalue weighted by Gasteiger charge is 2.32. The Morgan fingerprint density at radius 2 is 1.71 bits per heavy atom. The Morgan fingerprint density at radius 1 is 1.00 bits per heavy atom. The molecule has 0 radical (unpaired) electrons. The third-order valence-electron chi connectivity index (χ3n) is 4.03.